The van der Waals surface area contributed by atoms with Gasteiger partial charge in [-0.15, -0.1) is 0 Å². The van der Waals surface area contributed by atoms with Gasteiger partial charge in [-0.05, 0) is 19.1 Å². The first-order valence-corrected chi connectivity index (χ1v) is 7.94. The standard InChI is InChI=1S/C17H16N4O7/c1-3-28-16-14(21(25)26)7-11(8-15(16)27-2)10-18-19-17(22)12-5-4-6-13(9-12)20(23)24/h4-10H,3H2,1-2H3,(H,19,22)/b18-10+. The van der Waals surface area contributed by atoms with Crippen molar-refractivity contribution < 1.29 is 24.1 Å². The molecule has 0 spiro atoms. The fraction of sp³-hybridized carbons (Fsp3) is 0.176. The molecule has 2 aromatic rings. The summed E-state index contributed by atoms with van der Waals surface area (Å²) in [6.07, 6.45) is 1.18. The van der Waals surface area contributed by atoms with Gasteiger partial charge in [0.25, 0.3) is 11.6 Å². The lowest BCUT2D eigenvalue weighted by Gasteiger charge is -2.10. The summed E-state index contributed by atoms with van der Waals surface area (Å²) < 4.78 is 10.4. The van der Waals surface area contributed by atoms with E-state index in [1.54, 1.807) is 6.92 Å². The first-order chi connectivity index (χ1) is 13.4. The van der Waals surface area contributed by atoms with Gasteiger partial charge in [-0.25, -0.2) is 5.43 Å². The second-order valence-electron chi connectivity index (χ2n) is 5.27. The maximum Gasteiger partial charge on any atom is 0.315 e. The number of non-ortho nitro benzene ring substituents is 1. The van der Waals surface area contributed by atoms with Crippen LogP contribution in [0, 0.1) is 20.2 Å². The molecule has 0 unspecified atom stereocenters. The zero-order valence-electron chi connectivity index (χ0n) is 14.9. The van der Waals surface area contributed by atoms with E-state index in [1.165, 1.54) is 43.7 Å². The average Bonchev–Trinajstić information content (AvgIpc) is 2.68. The Morgan fingerprint density at radius 3 is 2.57 bits per heavy atom. The number of nitro groups is 2. The Hall–Kier alpha value is -4.02. The van der Waals surface area contributed by atoms with Crippen LogP contribution in [-0.2, 0) is 0 Å². The molecule has 146 valence electrons. The number of carbonyl (C=O) groups is 1. The minimum atomic E-state index is -0.674. The molecule has 0 fully saturated rings. The molecule has 11 nitrogen and oxygen atoms in total. The number of amides is 1. The predicted molar refractivity (Wildman–Crippen MR) is 99.0 cm³/mol. The Balaban J connectivity index is 2.23. The number of methoxy groups -OCH3 is 1. The molecule has 1 amide bonds. The quantitative estimate of drug-likeness (QED) is 0.415. The van der Waals surface area contributed by atoms with Crippen LogP contribution in [0.5, 0.6) is 11.5 Å². The van der Waals surface area contributed by atoms with Crippen LogP contribution in [0.2, 0.25) is 0 Å². The zero-order chi connectivity index (χ0) is 20.7. The normalized spacial score (nSPS) is 10.5. The second-order valence-corrected chi connectivity index (χ2v) is 5.27. The summed E-state index contributed by atoms with van der Waals surface area (Å²) in [6, 6.07) is 7.80. The van der Waals surface area contributed by atoms with Gasteiger partial charge < -0.3 is 9.47 Å². The van der Waals surface area contributed by atoms with E-state index in [2.05, 4.69) is 10.5 Å². The minimum absolute atomic E-state index is 0.00668. The number of carbonyl (C=O) groups excluding carboxylic acids is 1. The number of rotatable bonds is 8. The summed E-state index contributed by atoms with van der Waals surface area (Å²) in [6.45, 7) is 1.89. The van der Waals surface area contributed by atoms with Gasteiger partial charge in [0, 0.05) is 29.3 Å². The Morgan fingerprint density at radius 2 is 1.96 bits per heavy atom. The van der Waals surface area contributed by atoms with Gasteiger partial charge in [0.15, 0.2) is 5.75 Å². The van der Waals surface area contributed by atoms with Crippen LogP contribution >= 0.6 is 0 Å². The third kappa shape index (κ3) is 4.78. The summed E-state index contributed by atoms with van der Waals surface area (Å²) in [4.78, 5) is 32.8. The van der Waals surface area contributed by atoms with E-state index in [-0.39, 0.29) is 40.6 Å². The van der Waals surface area contributed by atoms with E-state index in [4.69, 9.17) is 9.47 Å². The molecule has 1 N–H and O–H groups in total. The van der Waals surface area contributed by atoms with Crippen LogP contribution in [0.25, 0.3) is 0 Å². The predicted octanol–water partition coefficient (Wildman–Crippen LogP) is 2.67. The van der Waals surface area contributed by atoms with Crippen molar-refractivity contribution in [2.24, 2.45) is 5.10 Å². The number of nitrogens with zero attached hydrogens (tertiary/aromatic N) is 3. The van der Waals surface area contributed by atoms with Gasteiger partial charge in [-0.2, -0.15) is 5.10 Å². The van der Waals surface area contributed by atoms with Gasteiger partial charge in [0.1, 0.15) is 0 Å². The molecule has 0 aliphatic carbocycles. The molecule has 0 aliphatic heterocycles. The zero-order valence-corrected chi connectivity index (χ0v) is 14.9. The molecule has 0 atom stereocenters. The van der Waals surface area contributed by atoms with E-state index in [9.17, 15) is 25.0 Å². The number of nitrogens with one attached hydrogen (secondary N) is 1. The molecule has 2 aromatic carbocycles. The van der Waals surface area contributed by atoms with E-state index in [0.29, 0.717) is 0 Å². The topological polar surface area (TPSA) is 146 Å². The van der Waals surface area contributed by atoms with Gasteiger partial charge >= 0.3 is 5.69 Å². The van der Waals surface area contributed by atoms with E-state index < -0.39 is 15.8 Å². The van der Waals surface area contributed by atoms with Crippen molar-refractivity contribution in [3.63, 3.8) is 0 Å². The molecule has 0 saturated heterocycles. The number of hydrogen-bond acceptors (Lipinski definition) is 8. The third-order valence-corrected chi connectivity index (χ3v) is 3.46. The number of hydrogen-bond donors (Lipinski definition) is 1. The summed E-state index contributed by atoms with van der Waals surface area (Å²) in [5.74, 6) is -0.539. The highest BCUT2D eigenvalue weighted by atomic mass is 16.6. The lowest BCUT2D eigenvalue weighted by Crippen LogP contribution is -2.17. The molecule has 0 bridgehead atoms. The molecule has 0 saturated carbocycles. The number of benzene rings is 2. The van der Waals surface area contributed by atoms with Crippen LogP contribution in [0.3, 0.4) is 0 Å². The highest BCUT2D eigenvalue weighted by Gasteiger charge is 2.21. The summed E-state index contributed by atoms with van der Waals surface area (Å²) >= 11 is 0. The molecule has 11 heteroatoms. The third-order valence-electron chi connectivity index (χ3n) is 3.46. The van der Waals surface area contributed by atoms with Gasteiger partial charge in [0.05, 0.1) is 29.8 Å². The first-order valence-electron chi connectivity index (χ1n) is 7.94. The van der Waals surface area contributed by atoms with Crippen LogP contribution in [0.4, 0.5) is 11.4 Å². The van der Waals surface area contributed by atoms with E-state index >= 15 is 0 Å². The Labute approximate surface area is 158 Å². The lowest BCUT2D eigenvalue weighted by atomic mass is 10.2. The van der Waals surface area contributed by atoms with Gasteiger partial charge in [0.2, 0.25) is 5.75 Å². The highest BCUT2D eigenvalue weighted by molar-refractivity contribution is 5.95. The molecule has 0 heterocycles. The molecule has 0 aromatic heterocycles. The SMILES string of the molecule is CCOc1c(OC)cc(/C=N/NC(=O)c2cccc([N+](=O)[O-])c2)cc1[N+](=O)[O-]. The maximum atomic E-state index is 12.0. The molecule has 0 radical (unpaired) electrons. The minimum Gasteiger partial charge on any atom is -0.493 e. The Morgan fingerprint density at radius 1 is 1.21 bits per heavy atom. The highest BCUT2D eigenvalue weighted by Crippen LogP contribution is 2.37. The van der Waals surface area contributed by atoms with Gasteiger partial charge in [-0.1, -0.05) is 6.07 Å². The van der Waals surface area contributed by atoms with Crippen molar-refractivity contribution in [3.8, 4) is 11.5 Å². The van der Waals surface area contributed by atoms with E-state index in [1.807, 2.05) is 0 Å². The molecule has 0 aliphatic rings. The summed E-state index contributed by atoms with van der Waals surface area (Å²) in [5, 5.41) is 25.8. The van der Waals surface area contributed by atoms with Crippen molar-refractivity contribution in [3.05, 3.63) is 67.8 Å². The molecule has 28 heavy (non-hydrogen) atoms. The van der Waals surface area contributed by atoms with Crippen molar-refractivity contribution in [1.82, 2.24) is 5.43 Å². The molecule has 2 rings (SSSR count). The second kappa shape index (κ2) is 9.07. The van der Waals surface area contributed by atoms with Crippen molar-refractivity contribution >= 4 is 23.5 Å². The smallest absolute Gasteiger partial charge is 0.315 e. The average molecular weight is 388 g/mol. The fourth-order valence-electron chi connectivity index (χ4n) is 2.25. The molecular weight excluding hydrogens is 372 g/mol. The van der Waals surface area contributed by atoms with Crippen LogP contribution in [0.15, 0.2) is 41.5 Å². The van der Waals surface area contributed by atoms with E-state index in [0.717, 1.165) is 6.07 Å². The number of hydrazone groups is 1. The number of ether oxygens (including phenoxy) is 2. The van der Waals surface area contributed by atoms with Crippen molar-refractivity contribution in [2.75, 3.05) is 13.7 Å². The van der Waals surface area contributed by atoms with Crippen molar-refractivity contribution in [1.29, 1.82) is 0 Å². The van der Waals surface area contributed by atoms with Crippen LogP contribution in [0.1, 0.15) is 22.8 Å². The van der Waals surface area contributed by atoms with Crippen LogP contribution in [-0.4, -0.2) is 35.7 Å². The first kappa shape index (κ1) is 20.3. The molecular formula is C17H16N4O7. The Bertz CT molecular complexity index is 943. The number of nitro benzene ring substituents is 2. The largest absolute Gasteiger partial charge is 0.493 e. The summed E-state index contributed by atoms with van der Waals surface area (Å²) in [5.41, 5.74) is 1.99. The summed E-state index contributed by atoms with van der Waals surface area (Å²) in [7, 11) is 1.34. The lowest BCUT2D eigenvalue weighted by molar-refractivity contribution is -0.386. The van der Waals surface area contributed by atoms with Crippen molar-refractivity contribution in [2.45, 2.75) is 6.92 Å². The maximum absolute atomic E-state index is 12.0. The van der Waals surface area contributed by atoms with Gasteiger partial charge in [-0.3, -0.25) is 25.0 Å². The van der Waals surface area contributed by atoms with Crippen LogP contribution < -0.4 is 14.9 Å². The Kier molecular flexibility index (Phi) is 6.58. The fourth-order valence-corrected chi connectivity index (χ4v) is 2.25. The monoisotopic (exact) mass is 388 g/mol.